The largest absolute Gasteiger partial charge is 0.346 e. The molecule has 0 fully saturated rings. The molecule has 5 nitrogen and oxygen atoms in total. The Labute approximate surface area is 130 Å². The molecule has 0 bridgehead atoms. The normalized spacial score (nSPS) is 10.8. The average molecular weight is 318 g/mol. The summed E-state index contributed by atoms with van der Waals surface area (Å²) < 4.78 is 1.81. The number of hydrogen-bond acceptors (Lipinski definition) is 5. The van der Waals surface area contributed by atoms with Crippen molar-refractivity contribution in [2.24, 2.45) is 7.05 Å². The third-order valence-corrected chi connectivity index (χ3v) is 4.60. The number of hydrogen-bond donors (Lipinski definition) is 1. The van der Waals surface area contributed by atoms with E-state index in [9.17, 15) is 4.79 Å². The van der Waals surface area contributed by atoms with Crippen LogP contribution in [0.3, 0.4) is 0 Å². The number of aromatic nitrogens is 3. The fraction of sp³-hybridized carbons (Fsp3) is 0.214. The van der Waals surface area contributed by atoms with Gasteiger partial charge in [-0.15, -0.1) is 22.7 Å². The summed E-state index contributed by atoms with van der Waals surface area (Å²) in [6.07, 6.45) is 3.66. The summed E-state index contributed by atoms with van der Waals surface area (Å²) in [6, 6.07) is 1.85. The molecule has 1 amide bonds. The van der Waals surface area contributed by atoms with Gasteiger partial charge in [0.2, 0.25) is 0 Å². The van der Waals surface area contributed by atoms with Crippen LogP contribution >= 0.6 is 22.7 Å². The monoisotopic (exact) mass is 318 g/mol. The first kappa shape index (κ1) is 14.0. The van der Waals surface area contributed by atoms with Gasteiger partial charge in [-0.05, 0) is 19.9 Å². The molecule has 0 spiro atoms. The van der Waals surface area contributed by atoms with Crippen molar-refractivity contribution in [1.82, 2.24) is 14.5 Å². The SMILES string of the molecule is Cc1cnc(NC(=O)c2cc(-c3csc(C)n3)cn2C)s1. The molecule has 3 aromatic heterocycles. The lowest BCUT2D eigenvalue weighted by atomic mass is 10.2. The molecule has 0 atom stereocenters. The highest BCUT2D eigenvalue weighted by Gasteiger charge is 2.15. The maximum atomic E-state index is 12.3. The van der Waals surface area contributed by atoms with Gasteiger partial charge in [0, 0.05) is 35.3 Å². The van der Waals surface area contributed by atoms with Gasteiger partial charge in [0.15, 0.2) is 5.13 Å². The molecule has 0 aliphatic heterocycles. The van der Waals surface area contributed by atoms with Crippen molar-refractivity contribution in [3.8, 4) is 11.3 Å². The highest BCUT2D eigenvalue weighted by molar-refractivity contribution is 7.15. The van der Waals surface area contributed by atoms with Crippen LogP contribution in [0.25, 0.3) is 11.3 Å². The van der Waals surface area contributed by atoms with Gasteiger partial charge in [0.1, 0.15) is 5.69 Å². The van der Waals surface area contributed by atoms with E-state index in [1.54, 1.807) is 22.1 Å². The van der Waals surface area contributed by atoms with E-state index in [1.807, 2.05) is 38.5 Å². The highest BCUT2D eigenvalue weighted by atomic mass is 32.1. The number of aryl methyl sites for hydroxylation is 3. The Bertz CT molecular complexity index is 800. The number of nitrogens with one attached hydrogen (secondary N) is 1. The van der Waals surface area contributed by atoms with Crippen molar-refractivity contribution in [2.75, 3.05) is 5.32 Å². The van der Waals surface area contributed by atoms with Crippen LogP contribution < -0.4 is 5.32 Å². The molecule has 21 heavy (non-hydrogen) atoms. The van der Waals surface area contributed by atoms with Crippen LogP contribution in [0, 0.1) is 13.8 Å². The van der Waals surface area contributed by atoms with E-state index < -0.39 is 0 Å². The lowest BCUT2D eigenvalue weighted by Gasteiger charge is -2.02. The van der Waals surface area contributed by atoms with Crippen molar-refractivity contribution >= 4 is 33.7 Å². The van der Waals surface area contributed by atoms with Crippen LogP contribution in [0.1, 0.15) is 20.4 Å². The van der Waals surface area contributed by atoms with E-state index in [0.29, 0.717) is 10.8 Å². The number of carbonyl (C=O) groups is 1. The topological polar surface area (TPSA) is 59.8 Å². The van der Waals surface area contributed by atoms with Gasteiger partial charge >= 0.3 is 0 Å². The highest BCUT2D eigenvalue weighted by Crippen LogP contribution is 2.24. The minimum atomic E-state index is -0.162. The molecule has 0 saturated carbocycles. The predicted octanol–water partition coefficient (Wildman–Crippen LogP) is 3.47. The number of thiazole rings is 2. The van der Waals surface area contributed by atoms with Gasteiger partial charge in [-0.1, -0.05) is 0 Å². The molecule has 3 rings (SSSR count). The van der Waals surface area contributed by atoms with E-state index >= 15 is 0 Å². The van der Waals surface area contributed by atoms with E-state index in [2.05, 4.69) is 15.3 Å². The fourth-order valence-electron chi connectivity index (χ4n) is 2.00. The Hall–Kier alpha value is -1.99. The van der Waals surface area contributed by atoms with Crippen LogP contribution in [0.5, 0.6) is 0 Å². The van der Waals surface area contributed by atoms with Gasteiger partial charge in [-0.2, -0.15) is 0 Å². The predicted molar refractivity (Wildman–Crippen MR) is 86.1 cm³/mol. The molecular weight excluding hydrogens is 304 g/mol. The zero-order valence-corrected chi connectivity index (χ0v) is 13.5. The Morgan fingerprint density at radius 1 is 1.38 bits per heavy atom. The molecule has 0 aromatic carbocycles. The van der Waals surface area contributed by atoms with Crippen LogP contribution in [-0.2, 0) is 7.05 Å². The zero-order chi connectivity index (χ0) is 15.0. The van der Waals surface area contributed by atoms with Crippen molar-refractivity contribution in [3.63, 3.8) is 0 Å². The second-order valence-corrected chi connectivity index (χ2v) is 7.00. The summed E-state index contributed by atoms with van der Waals surface area (Å²) >= 11 is 3.06. The van der Waals surface area contributed by atoms with Crippen molar-refractivity contribution in [1.29, 1.82) is 0 Å². The summed E-state index contributed by atoms with van der Waals surface area (Å²) in [5.41, 5.74) is 2.43. The number of nitrogens with zero attached hydrogens (tertiary/aromatic N) is 3. The molecule has 7 heteroatoms. The maximum absolute atomic E-state index is 12.3. The van der Waals surface area contributed by atoms with Crippen LogP contribution in [0.4, 0.5) is 5.13 Å². The number of anilines is 1. The summed E-state index contributed by atoms with van der Waals surface area (Å²) in [7, 11) is 1.85. The minimum absolute atomic E-state index is 0.162. The Balaban J connectivity index is 1.85. The lowest BCUT2D eigenvalue weighted by Crippen LogP contribution is -2.14. The fourth-order valence-corrected chi connectivity index (χ4v) is 3.28. The second-order valence-electron chi connectivity index (χ2n) is 4.71. The van der Waals surface area contributed by atoms with E-state index in [-0.39, 0.29) is 5.91 Å². The van der Waals surface area contributed by atoms with Gasteiger partial charge < -0.3 is 4.57 Å². The molecule has 0 radical (unpaired) electrons. The van der Waals surface area contributed by atoms with Crippen molar-refractivity contribution in [3.05, 3.63) is 39.4 Å². The van der Waals surface area contributed by atoms with Gasteiger partial charge in [0.25, 0.3) is 5.91 Å². The summed E-state index contributed by atoms with van der Waals surface area (Å²) in [4.78, 5) is 22.0. The molecule has 108 valence electrons. The van der Waals surface area contributed by atoms with Gasteiger partial charge in [-0.25, -0.2) is 9.97 Å². The second kappa shape index (κ2) is 5.42. The first-order chi connectivity index (χ1) is 10.0. The smallest absolute Gasteiger partial charge is 0.274 e. The number of amides is 1. The number of carbonyl (C=O) groups excluding carboxylic acids is 1. The summed E-state index contributed by atoms with van der Waals surface area (Å²) in [5.74, 6) is -0.162. The lowest BCUT2D eigenvalue weighted by molar-refractivity contribution is 0.101. The first-order valence-corrected chi connectivity index (χ1v) is 8.05. The molecular formula is C14H14N4OS2. The van der Waals surface area contributed by atoms with Crippen LogP contribution in [0.15, 0.2) is 23.8 Å². The molecule has 0 unspecified atom stereocenters. The average Bonchev–Trinajstić information content (AvgIpc) is 3.11. The molecule has 0 saturated heterocycles. The standard InChI is InChI=1S/C14H14N4OS2/c1-8-5-15-14(21-8)17-13(19)12-4-10(6-18(12)3)11-7-20-9(2)16-11/h4-7H,1-3H3,(H,15,17,19). The third-order valence-electron chi connectivity index (χ3n) is 2.99. The Morgan fingerprint density at radius 3 is 2.81 bits per heavy atom. The minimum Gasteiger partial charge on any atom is -0.346 e. The maximum Gasteiger partial charge on any atom is 0.274 e. The molecule has 3 heterocycles. The molecule has 1 N–H and O–H groups in total. The molecule has 3 aromatic rings. The Kier molecular flexibility index (Phi) is 3.60. The van der Waals surface area contributed by atoms with E-state index in [0.717, 1.165) is 21.1 Å². The zero-order valence-electron chi connectivity index (χ0n) is 11.9. The van der Waals surface area contributed by atoms with Gasteiger partial charge in [0.05, 0.1) is 10.7 Å². The molecule has 0 aliphatic rings. The van der Waals surface area contributed by atoms with Crippen molar-refractivity contribution < 1.29 is 4.79 Å². The molecule has 0 aliphatic carbocycles. The summed E-state index contributed by atoms with van der Waals surface area (Å²) in [5, 5.41) is 6.44. The number of rotatable bonds is 3. The third kappa shape index (κ3) is 2.88. The Morgan fingerprint density at radius 2 is 2.19 bits per heavy atom. The van der Waals surface area contributed by atoms with E-state index in [1.165, 1.54) is 11.3 Å². The summed E-state index contributed by atoms with van der Waals surface area (Å²) in [6.45, 7) is 3.92. The van der Waals surface area contributed by atoms with Crippen LogP contribution in [-0.4, -0.2) is 20.4 Å². The van der Waals surface area contributed by atoms with E-state index in [4.69, 9.17) is 0 Å². The van der Waals surface area contributed by atoms with Crippen molar-refractivity contribution in [2.45, 2.75) is 13.8 Å². The van der Waals surface area contributed by atoms with Gasteiger partial charge in [-0.3, -0.25) is 10.1 Å². The quantitative estimate of drug-likeness (QED) is 0.804. The van der Waals surface area contributed by atoms with Crippen LogP contribution in [0.2, 0.25) is 0 Å². The first-order valence-electron chi connectivity index (χ1n) is 6.35.